The molecule has 2 heterocycles. The van der Waals surface area contributed by atoms with Crippen molar-refractivity contribution in [1.82, 2.24) is 9.97 Å². The van der Waals surface area contributed by atoms with Crippen LogP contribution in [-0.2, 0) is 4.74 Å². The van der Waals surface area contributed by atoms with Gasteiger partial charge in [0, 0.05) is 24.9 Å². The van der Waals surface area contributed by atoms with Crippen molar-refractivity contribution in [3.63, 3.8) is 0 Å². The van der Waals surface area contributed by atoms with Crippen LogP contribution in [0.1, 0.15) is 57.2 Å². The average molecular weight is 235 g/mol. The zero-order valence-corrected chi connectivity index (χ0v) is 10.9. The molecule has 94 valence electrons. The Morgan fingerprint density at radius 2 is 2.29 bits per heavy atom. The van der Waals surface area contributed by atoms with Crippen LogP contribution in [0.3, 0.4) is 0 Å². The third kappa shape index (κ3) is 2.94. The van der Waals surface area contributed by atoms with Crippen molar-refractivity contribution in [3.05, 3.63) is 17.6 Å². The largest absolute Gasteiger partial charge is 0.370 e. The molecule has 1 atom stereocenters. The molecule has 0 aliphatic carbocycles. The molecule has 0 bridgehead atoms. The zero-order valence-electron chi connectivity index (χ0n) is 10.9. The molecule has 1 N–H and O–H groups in total. The summed E-state index contributed by atoms with van der Waals surface area (Å²) in [5, 5.41) is 3.26. The Bertz CT molecular complexity index is 373. The van der Waals surface area contributed by atoms with Gasteiger partial charge in [0.1, 0.15) is 11.9 Å². The van der Waals surface area contributed by atoms with Gasteiger partial charge in [-0.15, -0.1) is 0 Å². The van der Waals surface area contributed by atoms with Gasteiger partial charge in [-0.1, -0.05) is 13.8 Å². The fourth-order valence-electron chi connectivity index (χ4n) is 1.98. The Hall–Kier alpha value is -1.16. The summed E-state index contributed by atoms with van der Waals surface area (Å²) in [5.41, 5.74) is 1.08. The Morgan fingerprint density at radius 3 is 2.88 bits per heavy atom. The Kier molecular flexibility index (Phi) is 3.94. The van der Waals surface area contributed by atoms with Crippen LogP contribution in [0.25, 0.3) is 0 Å². The second kappa shape index (κ2) is 5.45. The van der Waals surface area contributed by atoms with Crippen LogP contribution in [0, 0.1) is 0 Å². The van der Waals surface area contributed by atoms with Crippen molar-refractivity contribution >= 4 is 5.82 Å². The van der Waals surface area contributed by atoms with Crippen molar-refractivity contribution in [3.8, 4) is 0 Å². The van der Waals surface area contributed by atoms with Crippen molar-refractivity contribution in [1.29, 1.82) is 0 Å². The molecule has 0 saturated carbocycles. The lowest BCUT2D eigenvalue weighted by atomic mass is 10.1. The second-order valence-corrected chi connectivity index (χ2v) is 4.72. The summed E-state index contributed by atoms with van der Waals surface area (Å²) < 4.78 is 5.65. The molecule has 1 aromatic heterocycles. The summed E-state index contributed by atoms with van der Waals surface area (Å²) in [4.78, 5) is 9.16. The summed E-state index contributed by atoms with van der Waals surface area (Å²) in [6, 6.07) is 2.03. The summed E-state index contributed by atoms with van der Waals surface area (Å²) in [5.74, 6) is 2.16. The van der Waals surface area contributed by atoms with Gasteiger partial charge in [-0.25, -0.2) is 9.97 Å². The predicted molar refractivity (Wildman–Crippen MR) is 68.2 cm³/mol. The molecule has 4 nitrogen and oxygen atoms in total. The molecular weight excluding hydrogens is 214 g/mol. The van der Waals surface area contributed by atoms with E-state index >= 15 is 0 Å². The van der Waals surface area contributed by atoms with Crippen LogP contribution in [-0.4, -0.2) is 23.1 Å². The van der Waals surface area contributed by atoms with Gasteiger partial charge in [0.15, 0.2) is 5.82 Å². The second-order valence-electron chi connectivity index (χ2n) is 4.72. The van der Waals surface area contributed by atoms with Gasteiger partial charge >= 0.3 is 0 Å². The van der Waals surface area contributed by atoms with Crippen molar-refractivity contribution < 1.29 is 4.74 Å². The highest BCUT2D eigenvalue weighted by atomic mass is 16.5. The Labute approximate surface area is 103 Å². The standard InChI is InChI=1S/C13H21N3O/c1-4-14-12-8-10(9(2)3)15-13(16-12)11-6-5-7-17-11/h8-9,11H,4-7H2,1-3H3,(H,14,15,16). The zero-order chi connectivity index (χ0) is 12.3. The highest BCUT2D eigenvalue weighted by molar-refractivity contribution is 5.37. The van der Waals surface area contributed by atoms with E-state index in [4.69, 9.17) is 4.74 Å². The number of hydrogen-bond donors (Lipinski definition) is 1. The van der Waals surface area contributed by atoms with Crippen LogP contribution in [0.5, 0.6) is 0 Å². The summed E-state index contributed by atoms with van der Waals surface area (Å²) >= 11 is 0. The number of nitrogens with one attached hydrogen (secondary N) is 1. The van der Waals surface area contributed by atoms with Gasteiger partial charge in [-0.05, 0) is 25.7 Å². The lowest BCUT2D eigenvalue weighted by molar-refractivity contribution is 0.105. The van der Waals surface area contributed by atoms with Gasteiger partial charge in [-0.3, -0.25) is 0 Å². The SMILES string of the molecule is CCNc1cc(C(C)C)nc(C2CCCO2)n1. The summed E-state index contributed by atoms with van der Waals surface area (Å²) in [6.07, 6.45) is 2.23. The van der Waals surface area contributed by atoms with Crippen LogP contribution in [0.4, 0.5) is 5.82 Å². The first-order valence-electron chi connectivity index (χ1n) is 6.45. The highest BCUT2D eigenvalue weighted by Gasteiger charge is 2.22. The van der Waals surface area contributed by atoms with Crippen molar-refractivity contribution in [2.24, 2.45) is 0 Å². The number of rotatable bonds is 4. The fourth-order valence-corrected chi connectivity index (χ4v) is 1.98. The normalized spacial score (nSPS) is 19.9. The highest BCUT2D eigenvalue weighted by Crippen LogP contribution is 2.28. The first-order valence-corrected chi connectivity index (χ1v) is 6.45. The lowest BCUT2D eigenvalue weighted by Crippen LogP contribution is -2.10. The molecule has 0 amide bonds. The van der Waals surface area contributed by atoms with Gasteiger partial charge in [-0.2, -0.15) is 0 Å². The van der Waals surface area contributed by atoms with E-state index in [1.165, 1.54) is 0 Å². The maximum atomic E-state index is 5.65. The topological polar surface area (TPSA) is 47.0 Å². The first kappa shape index (κ1) is 12.3. The molecule has 1 saturated heterocycles. The quantitative estimate of drug-likeness (QED) is 0.871. The van der Waals surface area contributed by atoms with Gasteiger partial charge in [0.05, 0.1) is 0 Å². The van der Waals surface area contributed by atoms with Crippen molar-refractivity contribution in [2.75, 3.05) is 18.5 Å². The lowest BCUT2D eigenvalue weighted by Gasteiger charge is -2.14. The minimum absolute atomic E-state index is 0.0890. The number of aromatic nitrogens is 2. The minimum atomic E-state index is 0.0890. The third-order valence-corrected chi connectivity index (χ3v) is 2.93. The van der Waals surface area contributed by atoms with Gasteiger partial charge in [0.25, 0.3) is 0 Å². The van der Waals surface area contributed by atoms with Crippen molar-refractivity contribution in [2.45, 2.75) is 45.6 Å². The minimum Gasteiger partial charge on any atom is -0.370 e. The van der Waals surface area contributed by atoms with E-state index in [0.29, 0.717) is 5.92 Å². The molecule has 0 spiro atoms. The molecular formula is C13H21N3O. The van der Waals surface area contributed by atoms with E-state index in [1.807, 2.05) is 6.07 Å². The van der Waals surface area contributed by atoms with E-state index < -0.39 is 0 Å². The molecule has 1 aliphatic rings. The molecule has 1 fully saturated rings. The Balaban J connectivity index is 2.29. The maximum absolute atomic E-state index is 5.65. The number of ether oxygens (including phenoxy) is 1. The van der Waals surface area contributed by atoms with Gasteiger partial charge < -0.3 is 10.1 Å². The molecule has 1 aliphatic heterocycles. The van der Waals surface area contributed by atoms with E-state index in [-0.39, 0.29) is 6.10 Å². The molecule has 17 heavy (non-hydrogen) atoms. The molecule has 0 radical (unpaired) electrons. The average Bonchev–Trinajstić information content (AvgIpc) is 2.82. The monoisotopic (exact) mass is 235 g/mol. The summed E-state index contributed by atoms with van der Waals surface area (Å²) in [7, 11) is 0. The Morgan fingerprint density at radius 1 is 1.47 bits per heavy atom. The number of hydrogen-bond acceptors (Lipinski definition) is 4. The van der Waals surface area contributed by atoms with E-state index in [0.717, 1.165) is 43.3 Å². The molecule has 1 unspecified atom stereocenters. The maximum Gasteiger partial charge on any atom is 0.159 e. The van der Waals surface area contributed by atoms with Crippen LogP contribution < -0.4 is 5.32 Å². The smallest absolute Gasteiger partial charge is 0.159 e. The van der Waals surface area contributed by atoms with E-state index in [9.17, 15) is 0 Å². The molecule has 2 rings (SSSR count). The van der Waals surface area contributed by atoms with Gasteiger partial charge in [0.2, 0.25) is 0 Å². The first-order chi connectivity index (χ1) is 8.20. The number of anilines is 1. The van der Waals surface area contributed by atoms with E-state index in [2.05, 4.69) is 36.1 Å². The summed E-state index contributed by atoms with van der Waals surface area (Å²) in [6.45, 7) is 8.08. The molecule has 1 aromatic rings. The van der Waals surface area contributed by atoms with Crippen LogP contribution in [0.2, 0.25) is 0 Å². The predicted octanol–water partition coefficient (Wildman–Crippen LogP) is 2.88. The fraction of sp³-hybridized carbons (Fsp3) is 0.692. The molecule has 0 aromatic carbocycles. The third-order valence-electron chi connectivity index (χ3n) is 2.93. The van der Waals surface area contributed by atoms with Crippen LogP contribution in [0.15, 0.2) is 6.07 Å². The number of nitrogens with zero attached hydrogens (tertiary/aromatic N) is 2. The molecule has 4 heteroatoms. The van der Waals surface area contributed by atoms with E-state index in [1.54, 1.807) is 0 Å². The van der Waals surface area contributed by atoms with Crippen LogP contribution >= 0.6 is 0 Å².